The number of carbonyl (C=O) groups excluding carboxylic acids is 2. The van der Waals surface area contributed by atoms with Crippen molar-refractivity contribution < 1.29 is 19.1 Å². The van der Waals surface area contributed by atoms with Crippen molar-refractivity contribution in [3.8, 4) is 23.0 Å². The van der Waals surface area contributed by atoms with Gasteiger partial charge < -0.3 is 9.47 Å². The summed E-state index contributed by atoms with van der Waals surface area (Å²) in [6.07, 6.45) is 24.1. The van der Waals surface area contributed by atoms with E-state index < -0.39 is 0 Å². The van der Waals surface area contributed by atoms with Gasteiger partial charge in [-0.15, -0.1) is 0 Å². The predicted octanol–water partition coefficient (Wildman–Crippen LogP) is 14.1. The lowest BCUT2D eigenvalue weighted by molar-refractivity contribution is 0.0971. The molecule has 0 heterocycles. The fraction of sp³-hybridized carbons (Fsp3) is 0.435. The molecule has 0 radical (unpaired) electrons. The van der Waals surface area contributed by atoms with Crippen LogP contribution in [-0.4, -0.2) is 11.6 Å². The van der Waals surface area contributed by atoms with E-state index in [-0.39, 0.29) is 11.6 Å². The van der Waals surface area contributed by atoms with Crippen molar-refractivity contribution in [3.05, 3.63) is 120 Å². The van der Waals surface area contributed by atoms with Crippen molar-refractivity contribution in [2.24, 2.45) is 0 Å². The molecule has 0 fully saturated rings. The Hall–Kier alpha value is -4.18. The zero-order chi connectivity index (χ0) is 34.9. The number of hydrogen-bond acceptors (Lipinski definition) is 4. The molecule has 0 saturated carbocycles. The molecule has 266 valence electrons. The van der Waals surface area contributed by atoms with Gasteiger partial charge in [-0.05, 0) is 85.6 Å². The number of rotatable bonds is 27. The van der Waals surface area contributed by atoms with Gasteiger partial charge in [0, 0.05) is 24.0 Å². The SMILES string of the molecule is O=C(CCCCCCCCCCCCCCCCCCCCC(=O)c1ccc(Oc2ccccc2)cc1)c1ccc(Oc2ccccc2)cc1. The number of unbranched alkanes of at least 4 members (excludes halogenated alkanes) is 17. The van der Waals surface area contributed by atoms with Crippen LogP contribution in [-0.2, 0) is 0 Å². The van der Waals surface area contributed by atoms with Gasteiger partial charge in [-0.3, -0.25) is 9.59 Å². The van der Waals surface area contributed by atoms with Crippen LogP contribution < -0.4 is 9.47 Å². The number of para-hydroxylation sites is 2. The smallest absolute Gasteiger partial charge is 0.162 e. The Morgan fingerprint density at radius 3 is 0.820 bits per heavy atom. The first-order chi connectivity index (χ1) is 24.7. The van der Waals surface area contributed by atoms with Crippen LogP contribution in [0, 0.1) is 0 Å². The Morgan fingerprint density at radius 2 is 0.540 bits per heavy atom. The Morgan fingerprint density at radius 1 is 0.300 bits per heavy atom. The highest BCUT2D eigenvalue weighted by molar-refractivity contribution is 5.96. The van der Waals surface area contributed by atoms with Crippen LogP contribution in [0.4, 0.5) is 0 Å². The molecule has 0 spiro atoms. The van der Waals surface area contributed by atoms with Crippen LogP contribution in [0.2, 0.25) is 0 Å². The average molecular weight is 675 g/mol. The van der Waals surface area contributed by atoms with E-state index in [0.717, 1.165) is 59.8 Å². The van der Waals surface area contributed by atoms with E-state index in [4.69, 9.17) is 9.47 Å². The molecule has 4 nitrogen and oxygen atoms in total. The molecule has 0 atom stereocenters. The van der Waals surface area contributed by atoms with E-state index in [2.05, 4.69) is 0 Å². The Balaban J connectivity index is 0.863. The molecular formula is C46H58O4. The van der Waals surface area contributed by atoms with Gasteiger partial charge in [-0.25, -0.2) is 0 Å². The summed E-state index contributed by atoms with van der Waals surface area (Å²) in [7, 11) is 0. The first-order valence-corrected chi connectivity index (χ1v) is 19.4. The summed E-state index contributed by atoms with van der Waals surface area (Å²) < 4.78 is 11.6. The molecule has 0 aliphatic rings. The highest BCUT2D eigenvalue weighted by atomic mass is 16.5. The second kappa shape index (κ2) is 24.1. The minimum atomic E-state index is 0.228. The average Bonchev–Trinajstić information content (AvgIpc) is 3.15. The van der Waals surface area contributed by atoms with Crippen molar-refractivity contribution in [1.29, 1.82) is 0 Å². The van der Waals surface area contributed by atoms with Crippen molar-refractivity contribution in [3.63, 3.8) is 0 Å². The zero-order valence-corrected chi connectivity index (χ0v) is 30.2. The second-order valence-corrected chi connectivity index (χ2v) is 13.6. The maximum Gasteiger partial charge on any atom is 0.162 e. The molecule has 50 heavy (non-hydrogen) atoms. The molecule has 4 heteroatoms. The Labute approximate surface area is 301 Å². The summed E-state index contributed by atoms with van der Waals surface area (Å²) in [6, 6.07) is 34.4. The molecule has 0 N–H and O–H groups in total. The normalized spacial score (nSPS) is 11.0. The van der Waals surface area contributed by atoms with E-state index in [9.17, 15) is 9.59 Å². The topological polar surface area (TPSA) is 52.6 Å². The number of Topliss-reactive ketones (excluding diaryl/α,β-unsaturated/α-hetero) is 2. The lowest BCUT2D eigenvalue weighted by atomic mass is 10.0. The summed E-state index contributed by atoms with van der Waals surface area (Å²) >= 11 is 0. The summed E-state index contributed by atoms with van der Waals surface area (Å²) in [5.41, 5.74) is 1.55. The highest BCUT2D eigenvalue weighted by Gasteiger charge is 2.08. The van der Waals surface area contributed by atoms with Gasteiger partial charge >= 0.3 is 0 Å². The lowest BCUT2D eigenvalue weighted by Gasteiger charge is -2.07. The molecule has 0 saturated heterocycles. The van der Waals surface area contributed by atoms with Crippen LogP contribution >= 0.6 is 0 Å². The number of hydrogen-bond donors (Lipinski definition) is 0. The summed E-state index contributed by atoms with van der Waals surface area (Å²) in [6.45, 7) is 0. The van der Waals surface area contributed by atoms with E-state index >= 15 is 0 Å². The van der Waals surface area contributed by atoms with E-state index in [1.54, 1.807) is 0 Å². The van der Waals surface area contributed by atoms with Crippen LogP contribution in [0.15, 0.2) is 109 Å². The van der Waals surface area contributed by atoms with Crippen LogP contribution in [0.3, 0.4) is 0 Å². The minimum Gasteiger partial charge on any atom is -0.457 e. The molecular weight excluding hydrogens is 617 g/mol. The third-order valence-electron chi connectivity index (χ3n) is 9.37. The van der Waals surface area contributed by atoms with Crippen molar-refractivity contribution in [2.75, 3.05) is 0 Å². The van der Waals surface area contributed by atoms with Crippen LogP contribution in [0.25, 0.3) is 0 Å². The molecule has 4 rings (SSSR count). The van der Waals surface area contributed by atoms with Gasteiger partial charge in [0.2, 0.25) is 0 Å². The molecule has 0 unspecified atom stereocenters. The maximum absolute atomic E-state index is 12.5. The largest absolute Gasteiger partial charge is 0.457 e. The second-order valence-electron chi connectivity index (χ2n) is 13.6. The van der Waals surface area contributed by atoms with E-state index in [1.165, 1.54) is 89.9 Å². The van der Waals surface area contributed by atoms with Crippen molar-refractivity contribution in [2.45, 2.75) is 128 Å². The standard InChI is InChI=1S/C46H58O4/c47-45(39-31-35-43(36-32-39)49-41-25-19-17-20-26-41)29-23-15-13-11-9-7-5-3-1-2-4-6-8-10-12-14-16-24-30-46(48)40-33-37-44(38-34-40)50-42-27-21-18-22-28-42/h17-22,25-28,31-38H,1-16,23-24,29-30H2. The number of carbonyl (C=O) groups is 2. The number of ether oxygens (including phenoxy) is 2. The molecule has 0 bridgehead atoms. The van der Waals surface area contributed by atoms with Gasteiger partial charge in [0.15, 0.2) is 11.6 Å². The molecule has 4 aromatic carbocycles. The first kappa shape index (κ1) is 38.6. The van der Waals surface area contributed by atoms with Crippen molar-refractivity contribution >= 4 is 11.6 Å². The summed E-state index contributed by atoms with van der Waals surface area (Å²) in [5.74, 6) is 3.56. The van der Waals surface area contributed by atoms with Crippen LogP contribution in [0.5, 0.6) is 23.0 Å². The Bertz CT molecular complexity index is 1350. The summed E-state index contributed by atoms with van der Waals surface area (Å²) in [5, 5.41) is 0. The van der Waals surface area contributed by atoms with Gasteiger partial charge in [0.1, 0.15) is 23.0 Å². The van der Waals surface area contributed by atoms with Gasteiger partial charge in [-0.2, -0.15) is 0 Å². The Kier molecular flexibility index (Phi) is 18.6. The van der Waals surface area contributed by atoms with Gasteiger partial charge in [0.25, 0.3) is 0 Å². The third kappa shape index (κ3) is 16.0. The maximum atomic E-state index is 12.5. The quantitative estimate of drug-likeness (QED) is 0.0466. The number of ketones is 2. The third-order valence-corrected chi connectivity index (χ3v) is 9.37. The molecule has 0 aromatic heterocycles. The first-order valence-electron chi connectivity index (χ1n) is 19.4. The number of benzene rings is 4. The minimum absolute atomic E-state index is 0.228. The molecule has 0 aliphatic carbocycles. The molecule has 0 aliphatic heterocycles. The van der Waals surface area contributed by atoms with Gasteiger partial charge in [0.05, 0.1) is 0 Å². The van der Waals surface area contributed by atoms with Crippen molar-refractivity contribution in [1.82, 2.24) is 0 Å². The highest BCUT2D eigenvalue weighted by Crippen LogP contribution is 2.24. The van der Waals surface area contributed by atoms with Crippen LogP contribution in [0.1, 0.15) is 149 Å². The fourth-order valence-corrected chi connectivity index (χ4v) is 6.36. The van der Waals surface area contributed by atoms with E-state index in [1.807, 2.05) is 109 Å². The molecule has 0 amide bonds. The van der Waals surface area contributed by atoms with Gasteiger partial charge in [-0.1, -0.05) is 139 Å². The lowest BCUT2D eigenvalue weighted by Crippen LogP contribution is -1.98. The monoisotopic (exact) mass is 674 g/mol. The summed E-state index contributed by atoms with van der Waals surface area (Å²) in [4.78, 5) is 25.1. The zero-order valence-electron chi connectivity index (χ0n) is 30.2. The fourth-order valence-electron chi connectivity index (χ4n) is 6.36. The molecule has 4 aromatic rings. The van der Waals surface area contributed by atoms with E-state index in [0.29, 0.717) is 12.8 Å². The predicted molar refractivity (Wildman–Crippen MR) is 207 cm³/mol.